The summed E-state index contributed by atoms with van der Waals surface area (Å²) in [5.41, 5.74) is 0.847. The SMILES string of the molecule is O=C(O)Oc1ccc(C2CC2[N+](=O)[O-])cc1. The van der Waals surface area contributed by atoms with Gasteiger partial charge in [0.2, 0.25) is 6.04 Å². The number of carboxylic acid groups (broad SMARTS) is 1. The molecule has 84 valence electrons. The molecule has 1 aliphatic rings. The molecule has 0 bridgehead atoms. The molecule has 1 aliphatic carbocycles. The minimum absolute atomic E-state index is 0.0473. The Kier molecular flexibility index (Phi) is 2.47. The van der Waals surface area contributed by atoms with Crippen molar-refractivity contribution in [3.05, 3.63) is 39.9 Å². The number of hydrogen-bond acceptors (Lipinski definition) is 4. The number of rotatable bonds is 3. The molecule has 2 unspecified atom stereocenters. The van der Waals surface area contributed by atoms with Crippen LogP contribution < -0.4 is 4.74 Å². The molecule has 0 saturated heterocycles. The fourth-order valence-corrected chi connectivity index (χ4v) is 1.66. The van der Waals surface area contributed by atoms with Gasteiger partial charge in [-0.1, -0.05) is 12.1 Å². The lowest BCUT2D eigenvalue weighted by molar-refractivity contribution is -0.496. The smallest absolute Gasteiger partial charge is 0.449 e. The van der Waals surface area contributed by atoms with Gasteiger partial charge in [-0.15, -0.1) is 0 Å². The van der Waals surface area contributed by atoms with Gasteiger partial charge in [-0.25, -0.2) is 4.79 Å². The highest BCUT2D eigenvalue weighted by molar-refractivity contribution is 5.61. The monoisotopic (exact) mass is 223 g/mol. The zero-order chi connectivity index (χ0) is 11.7. The summed E-state index contributed by atoms with van der Waals surface area (Å²) in [5, 5.41) is 18.8. The van der Waals surface area contributed by atoms with Crippen LogP contribution >= 0.6 is 0 Å². The maximum Gasteiger partial charge on any atom is 0.511 e. The Balaban J connectivity index is 2.04. The van der Waals surface area contributed by atoms with Crippen molar-refractivity contribution in [1.82, 2.24) is 0 Å². The Morgan fingerprint density at radius 2 is 2.06 bits per heavy atom. The van der Waals surface area contributed by atoms with Crippen LogP contribution in [0.5, 0.6) is 5.75 Å². The summed E-state index contributed by atoms with van der Waals surface area (Å²) in [6.45, 7) is 0. The second kappa shape index (κ2) is 3.80. The average molecular weight is 223 g/mol. The lowest BCUT2D eigenvalue weighted by atomic mass is 10.1. The zero-order valence-electron chi connectivity index (χ0n) is 8.20. The highest BCUT2D eigenvalue weighted by Gasteiger charge is 2.49. The van der Waals surface area contributed by atoms with Gasteiger partial charge in [0.25, 0.3) is 0 Å². The van der Waals surface area contributed by atoms with Crippen molar-refractivity contribution in [2.24, 2.45) is 0 Å². The topological polar surface area (TPSA) is 89.7 Å². The van der Waals surface area contributed by atoms with Crippen LogP contribution in [-0.2, 0) is 0 Å². The quantitative estimate of drug-likeness (QED) is 0.365. The van der Waals surface area contributed by atoms with Crippen molar-refractivity contribution in [1.29, 1.82) is 0 Å². The first-order chi connectivity index (χ1) is 7.58. The molecular weight excluding hydrogens is 214 g/mol. The van der Waals surface area contributed by atoms with Crippen molar-refractivity contribution in [2.75, 3.05) is 0 Å². The van der Waals surface area contributed by atoms with Crippen LogP contribution in [0.3, 0.4) is 0 Å². The van der Waals surface area contributed by atoms with E-state index in [0.717, 1.165) is 5.56 Å². The van der Waals surface area contributed by atoms with Crippen LogP contribution in [0.1, 0.15) is 17.9 Å². The Morgan fingerprint density at radius 3 is 2.50 bits per heavy atom. The highest BCUT2D eigenvalue weighted by Crippen LogP contribution is 2.43. The van der Waals surface area contributed by atoms with Gasteiger partial charge >= 0.3 is 6.16 Å². The minimum atomic E-state index is -1.37. The van der Waals surface area contributed by atoms with Gasteiger partial charge in [-0.2, -0.15) is 0 Å². The standard InChI is InChI=1S/C10H9NO5/c12-10(13)16-7-3-1-6(2-4-7)8-5-9(8)11(14)15/h1-4,8-9H,5H2,(H,12,13). The van der Waals surface area contributed by atoms with E-state index in [0.29, 0.717) is 6.42 Å². The highest BCUT2D eigenvalue weighted by atomic mass is 16.7. The van der Waals surface area contributed by atoms with E-state index < -0.39 is 12.2 Å². The van der Waals surface area contributed by atoms with Gasteiger partial charge in [0.05, 0.1) is 5.92 Å². The first-order valence-electron chi connectivity index (χ1n) is 4.72. The molecule has 0 heterocycles. The van der Waals surface area contributed by atoms with Gasteiger partial charge in [0.15, 0.2) is 0 Å². The third-order valence-corrected chi connectivity index (χ3v) is 2.54. The molecule has 0 spiro atoms. The molecule has 1 aromatic rings. The summed E-state index contributed by atoms with van der Waals surface area (Å²) in [6.07, 6.45) is -0.825. The van der Waals surface area contributed by atoms with Crippen molar-refractivity contribution >= 4 is 6.16 Å². The molecule has 6 nitrogen and oxygen atoms in total. The van der Waals surface area contributed by atoms with Crippen LogP contribution in [0.15, 0.2) is 24.3 Å². The number of carbonyl (C=O) groups is 1. The van der Waals surface area contributed by atoms with Crippen LogP contribution in [0.4, 0.5) is 4.79 Å². The Hall–Kier alpha value is -2.11. The summed E-state index contributed by atoms with van der Waals surface area (Å²) in [5.74, 6) is 0.170. The lowest BCUT2D eigenvalue weighted by Gasteiger charge is -2.01. The maximum atomic E-state index is 10.5. The van der Waals surface area contributed by atoms with E-state index in [2.05, 4.69) is 4.74 Å². The molecule has 16 heavy (non-hydrogen) atoms. The molecule has 6 heteroatoms. The van der Waals surface area contributed by atoms with Crippen molar-refractivity contribution in [3.8, 4) is 5.75 Å². The maximum absolute atomic E-state index is 10.5. The molecule has 2 rings (SSSR count). The molecule has 2 atom stereocenters. The zero-order valence-corrected chi connectivity index (χ0v) is 8.20. The summed E-state index contributed by atoms with van der Waals surface area (Å²) in [7, 11) is 0. The number of benzene rings is 1. The van der Waals surface area contributed by atoms with Gasteiger partial charge in [-0.3, -0.25) is 10.1 Å². The van der Waals surface area contributed by atoms with E-state index in [1.54, 1.807) is 12.1 Å². The summed E-state index contributed by atoms with van der Waals surface area (Å²) in [4.78, 5) is 20.4. The molecular formula is C10H9NO5. The molecule has 1 fully saturated rings. The van der Waals surface area contributed by atoms with E-state index in [4.69, 9.17) is 5.11 Å². The number of hydrogen-bond donors (Lipinski definition) is 1. The third kappa shape index (κ3) is 2.10. The first kappa shape index (κ1) is 10.4. The van der Waals surface area contributed by atoms with E-state index in [9.17, 15) is 14.9 Å². The number of nitro groups is 1. The van der Waals surface area contributed by atoms with Crippen molar-refractivity contribution < 1.29 is 19.6 Å². The van der Waals surface area contributed by atoms with E-state index in [-0.39, 0.29) is 16.6 Å². The average Bonchev–Trinajstić information content (AvgIpc) is 2.97. The summed E-state index contributed by atoms with van der Waals surface area (Å²) < 4.78 is 4.43. The van der Waals surface area contributed by atoms with Gasteiger partial charge in [0, 0.05) is 11.3 Å². The van der Waals surface area contributed by atoms with Gasteiger partial charge in [-0.05, 0) is 17.7 Å². The van der Waals surface area contributed by atoms with Crippen LogP contribution in [0, 0.1) is 10.1 Å². The molecule has 0 radical (unpaired) electrons. The van der Waals surface area contributed by atoms with Gasteiger partial charge in [0.1, 0.15) is 5.75 Å². The molecule has 0 amide bonds. The Bertz CT molecular complexity index is 427. The van der Waals surface area contributed by atoms with Crippen molar-refractivity contribution in [3.63, 3.8) is 0 Å². The predicted octanol–water partition coefficient (Wildman–Crippen LogP) is 1.88. The van der Waals surface area contributed by atoms with Gasteiger partial charge < -0.3 is 9.84 Å². The first-order valence-corrected chi connectivity index (χ1v) is 4.72. The Labute approximate surface area is 90.6 Å². The minimum Gasteiger partial charge on any atom is -0.449 e. The van der Waals surface area contributed by atoms with E-state index in [1.807, 2.05) is 0 Å². The van der Waals surface area contributed by atoms with Crippen LogP contribution in [0.25, 0.3) is 0 Å². The third-order valence-electron chi connectivity index (χ3n) is 2.54. The number of ether oxygens (including phenoxy) is 1. The van der Waals surface area contributed by atoms with Crippen molar-refractivity contribution in [2.45, 2.75) is 18.4 Å². The fourth-order valence-electron chi connectivity index (χ4n) is 1.66. The largest absolute Gasteiger partial charge is 0.511 e. The molecule has 0 aliphatic heterocycles. The second-order valence-electron chi connectivity index (χ2n) is 3.63. The molecule has 0 aromatic heterocycles. The number of nitrogens with zero attached hydrogens (tertiary/aromatic N) is 1. The van der Waals surface area contributed by atoms with Crippen LogP contribution in [0.2, 0.25) is 0 Å². The molecule has 1 aromatic carbocycles. The summed E-state index contributed by atoms with van der Waals surface area (Å²) in [6, 6.07) is 5.82. The lowest BCUT2D eigenvalue weighted by Crippen LogP contribution is -2.04. The second-order valence-corrected chi connectivity index (χ2v) is 3.63. The Morgan fingerprint density at radius 1 is 1.44 bits per heavy atom. The van der Waals surface area contributed by atoms with E-state index in [1.165, 1.54) is 12.1 Å². The summed E-state index contributed by atoms with van der Waals surface area (Å²) >= 11 is 0. The van der Waals surface area contributed by atoms with E-state index >= 15 is 0 Å². The predicted molar refractivity (Wildman–Crippen MR) is 53.2 cm³/mol. The molecule has 1 N–H and O–H groups in total. The normalized spacial score (nSPS) is 22.5. The van der Waals surface area contributed by atoms with Crippen LogP contribution in [-0.4, -0.2) is 22.2 Å². The molecule has 1 saturated carbocycles. The fraction of sp³-hybridized carbons (Fsp3) is 0.300.